The Morgan fingerprint density at radius 2 is 2.10 bits per heavy atom. The molecule has 0 aliphatic rings. The first-order valence-corrected chi connectivity index (χ1v) is 7.40. The molecule has 0 atom stereocenters. The van der Waals surface area contributed by atoms with Crippen molar-refractivity contribution in [1.29, 1.82) is 5.26 Å². The Morgan fingerprint density at radius 3 is 2.70 bits per heavy atom. The van der Waals surface area contributed by atoms with Gasteiger partial charge in [-0.3, -0.25) is 4.68 Å². The maximum atomic E-state index is 12.2. The second-order valence-electron chi connectivity index (χ2n) is 4.35. The summed E-state index contributed by atoms with van der Waals surface area (Å²) in [5.74, 6) is 0. The van der Waals surface area contributed by atoms with Crippen LogP contribution in [0.1, 0.15) is 16.8 Å². The number of benzene rings is 1. The number of hydrogen-bond acceptors (Lipinski definition) is 4. The zero-order valence-corrected chi connectivity index (χ0v) is 12.0. The summed E-state index contributed by atoms with van der Waals surface area (Å²) in [4.78, 5) is -0.0101. The maximum Gasteiger partial charge on any atom is 0.242 e. The molecule has 2 rings (SSSR count). The van der Waals surface area contributed by atoms with Crippen molar-refractivity contribution in [2.45, 2.75) is 18.4 Å². The molecule has 0 fully saturated rings. The highest BCUT2D eigenvalue weighted by atomic mass is 32.2. The number of nitrogens with one attached hydrogen (secondary N) is 1. The van der Waals surface area contributed by atoms with Crippen molar-refractivity contribution >= 4 is 10.0 Å². The quantitative estimate of drug-likeness (QED) is 0.912. The zero-order valence-electron chi connectivity index (χ0n) is 11.2. The van der Waals surface area contributed by atoms with E-state index in [9.17, 15) is 8.42 Å². The molecule has 0 spiro atoms. The standard InChI is InChI=1S/C13H14N4O2S/c1-10-12(9-17(2)16-10)8-15-20(18,19)13-6-4-3-5-11(13)7-14/h3-6,9,15H,8H2,1-2H3. The van der Waals surface area contributed by atoms with Crippen molar-refractivity contribution in [2.24, 2.45) is 7.05 Å². The van der Waals surface area contributed by atoms with Gasteiger partial charge in [-0.25, -0.2) is 13.1 Å². The van der Waals surface area contributed by atoms with E-state index < -0.39 is 10.0 Å². The van der Waals surface area contributed by atoms with Crippen LogP contribution in [0.3, 0.4) is 0 Å². The van der Waals surface area contributed by atoms with Crippen molar-refractivity contribution in [3.8, 4) is 6.07 Å². The largest absolute Gasteiger partial charge is 0.275 e. The van der Waals surface area contributed by atoms with Crippen molar-refractivity contribution in [1.82, 2.24) is 14.5 Å². The second-order valence-corrected chi connectivity index (χ2v) is 6.08. The van der Waals surface area contributed by atoms with Gasteiger partial charge in [0.05, 0.1) is 16.2 Å². The third-order valence-corrected chi connectivity index (χ3v) is 4.32. The molecule has 1 heterocycles. The highest BCUT2D eigenvalue weighted by Crippen LogP contribution is 2.15. The van der Waals surface area contributed by atoms with E-state index in [4.69, 9.17) is 5.26 Å². The maximum absolute atomic E-state index is 12.2. The Balaban J connectivity index is 2.24. The smallest absolute Gasteiger partial charge is 0.242 e. The van der Waals surface area contributed by atoms with Gasteiger partial charge in [-0.15, -0.1) is 0 Å². The van der Waals surface area contributed by atoms with Gasteiger partial charge in [-0.2, -0.15) is 10.4 Å². The van der Waals surface area contributed by atoms with Gasteiger partial charge in [-0.1, -0.05) is 12.1 Å². The lowest BCUT2D eigenvalue weighted by Gasteiger charge is -2.07. The van der Waals surface area contributed by atoms with Crippen LogP contribution in [0.5, 0.6) is 0 Å². The molecule has 1 aromatic carbocycles. The topological polar surface area (TPSA) is 87.8 Å². The summed E-state index contributed by atoms with van der Waals surface area (Å²) in [6.45, 7) is 1.95. The van der Waals surface area contributed by atoms with Crippen molar-refractivity contribution in [3.63, 3.8) is 0 Å². The Morgan fingerprint density at radius 1 is 1.40 bits per heavy atom. The molecular weight excluding hydrogens is 276 g/mol. The summed E-state index contributed by atoms with van der Waals surface area (Å²) in [5.41, 5.74) is 1.69. The monoisotopic (exact) mass is 290 g/mol. The van der Waals surface area contributed by atoms with Crippen LogP contribution in [0, 0.1) is 18.3 Å². The van der Waals surface area contributed by atoms with E-state index >= 15 is 0 Å². The molecule has 2 aromatic rings. The normalized spacial score (nSPS) is 11.2. The first-order chi connectivity index (χ1) is 9.44. The predicted molar refractivity (Wildman–Crippen MR) is 73.1 cm³/mol. The third-order valence-electron chi connectivity index (χ3n) is 2.86. The van der Waals surface area contributed by atoms with Gasteiger partial charge in [0, 0.05) is 25.4 Å². The summed E-state index contributed by atoms with van der Waals surface area (Å²) < 4.78 is 28.5. The van der Waals surface area contributed by atoms with Crippen molar-refractivity contribution < 1.29 is 8.42 Å². The first-order valence-electron chi connectivity index (χ1n) is 5.92. The number of aryl methyl sites for hydroxylation is 2. The Bertz CT molecular complexity index is 772. The lowest BCUT2D eigenvalue weighted by Crippen LogP contribution is -2.24. The minimum Gasteiger partial charge on any atom is -0.275 e. The lowest BCUT2D eigenvalue weighted by molar-refractivity contribution is 0.581. The summed E-state index contributed by atoms with van der Waals surface area (Å²) in [6.07, 6.45) is 1.76. The molecule has 0 saturated heterocycles. The number of rotatable bonds is 4. The Labute approximate surface area is 117 Å². The number of nitriles is 1. The highest BCUT2D eigenvalue weighted by Gasteiger charge is 2.18. The zero-order chi connectivity index (χ0) is 14.8. The van der Waals surface area contributed by atoms with Gasteiger partial charge in [-0.05, 0) is 19.1 Å². The minimum atomic E-state index is -3.72. The predicted octanol–water partition coefficient (Wildman–Crippen LogP) is 1.08. The lowest BCUT2D eigenvalue weighted by atomic mass is 10.2. The fourth-order valence-corrected chi connectivity index (χ4v) is 3.03. The second kappa shape index (κ2) is 5.45. The number of hydrogen-bond donors (Lipinski definition) is 1. The fourth-order valence-electron chi connectivity index (χ4n) is 1.87. The van der Waals surface area contributed by atoms with Crippen molar-refractivity contribution in [3.05, 3.63) is 47.3 Å². The molecule has 0 amide bonds. The van der Waals surface area contributed by atoms with Gasteiger partial charge in [0.15, 0.2) is 0 Å². The fraction of sp³-hybridized carbons (Fsp3) is 0.231. The number of sulfonamides is 1. The van der Waals surface area contributed by atoms with E-state index in [-0.39, 0.29) is 17.0 Å². The van der Waals surface area contributed by atoms with E-state index in [1.54, 1.807) is 30.1 Å². The number of aromatic nitrogens is 2. The van der Waals surface area contributed by atoms with Crippen LogP contribution in [-0.2, 0) is 23.6 Å². The van der Waals surface area contributed by atoms with Crippen molar-refractivity contribution in [2.75, 3.05) is 0 Å². The average Bonchev–Trinajstić information content (AvgIpc) is 2.75. The van der Waals surface area contributed by atoms with E-state index in [0.29, 0.717) is 0 Å². The average molecular weight is 290 g/mol. The molecule has 0 saturated carbocycles. The summed E-state index contributed by atoms with van der Waals surface area (Å²) >= 11 is 0. The van der Waals surface area contributed by atoms with Crippen LogP contribution in [0.4, 0.5) is 0 Å². The van der Waals surface area contributed by atoms with Gasteiger partial charge in [0.25, 0.3) is 0 Å². The van der Waals surface area contributed by atoms with E-state index in [1.165, 1.54) is 12.1 Å². The van der Waals surface area contributed by atoms with Crippen LogP contribution in [-0.4, -0.2) is 18.2 Å². The molecule has 6 nitrogen and oxygen atoms in total. The van der Waals surface area contributed by atoms with Gasteiger partial charge >= 0.3 is 0 Å². The molecular formula is C13H14N4O2S. The summed E-state index contributed by atoms with van der Waals surface area (Å²) in [7, 11) is -1.94. The third kappa shape index (κ3) is 2.87. The molecule has 1 N–H and O–H groups in total. The Hall–Kier alpha value is -2.17. The van der Waals surface area contributed by atoms with Crippen LogP contribution in [0.2, 0.25) is 0 Å². The van der Waals surface area contributed by atoms with Gasteiger partial charge in [0.2, 0.25) is 10.0 Å². The van der Waals surface area contributed by atoms with Crippen LogP contribution in [0.15, 0.2) is 35.4 Å². The molecule has 1 aromatic heterocycles. The molecule has 0 bridgehead atoms. The molecule has 0 unspecified atom stereocenters. The summed E-state index contributed by atoms with van der Waals surface area (Å²) in [6, 6.07) is 7.99. The van der Waals surface area contributed by atoms with Gasteiger partial charge < -0.3 is 0 Å². The molecule has 7 heteroatoms. The van der Waals surface area contributed by atoms with Crippen LogP contribution in [0.25, 0.3) is 0 Å². The highest BCUT2D eigenvalue weighted by molar-refractivity contribution is 7.89. The summed E-state index contributed by atoms with van der Waals surface area (Å²) in [5, 5.41) is 13.1. The van der Waals surface area contributed by atoms with E-state index in [0.717, 1.165) is 11.3 Å². The van der Waals surface area contributed by atoms with Gasteiger partial charge in [0.1, 0.15) is 6.07 Å². The molecule has 0 aliphatic carbocycles. The first kappa shape index (κ1) is 14.2. The number of nitrogens with zero attached hydrogens (tertiary/aromatic N) is 3. The SMILES string of the molecule is Cc1nn(C)cc1CNS(=O)(=O)c1ccccc1C#N. The van der Waals surface area contributed by atoms with E-state index in [2.05, 4.69) is 9.82 Å². The molecule has 0 aliphatic heterocycles. The van der Waals surface area contributed by atoms with Crippen LogP contribution >= 0.6 is 0 Å². The van der Waals surface area contributed by atoms with Crippen LogP contribution < -0.4 is 4.72 Å². The molecule has 0 radical (unpaired) electrons. The molecule has 20 heavy (non-hydrogen) atoms. The minimum absolute atomic E-state index is 0.0101. The Kier molecular flexibility index (Phi) is 3.88. The van der Waals surface area contributed by atoms with E-state index in [1.807, 2.05) is 13.0 Å². The molecule has 104 valence electrons.